The number of carbonyl (C=O) groups is 1. The second kappa shape index (κ2) is 6.80. The van der Waals surface area contributed by atoms with Gasteiger partial charge >= 0.3 is 0 Å². The Morgan fingerprint density at radius 2 is 1.90 bits per heavy atom. The topological polar surface area (TPSA) is 70.6 Å². The van der Waals surface area contributed by atoms with Crippen LogP contribution in [0.4, 0.5) is 0 Å². The molecule has 0 saturated heterocycles. The van der Waals surface area contributed by atoms with Gasteiger partial charge in [0.1, 0.15) is 11.5 Å². The number of amides is 1. The van der Waals surface area contributed by atoms with Crippen LogP contribution in [0, 0.1) is 0 Å². The minimum absolute atomic E-state index is 0.0725. The van der Waals surface area contributed by atoms with E-state index in [0.29, 0.717) is 11.3 Å². The standard InChI is InChI=1S/C16H26N2O3/c1-10(13-9-12(21-6)7-8-14(13)19)17-11(2)15(20)18-16(3,4)5/h7-11,17,19H,1-6H3,(H,18,20). The summed E-state index contributed by atoms with van der Waals surface area (Å²) in [4.78, 5) is 12.1. The minimum atomic E-state index is -0.371. The van der Waals surface area contributed by atoms with E-state index in [2.05, 4.69) is 10.6 Å². The molecule has 5 nitrogen and oxygen atoms in total. The lowest BCUT2D eigenvalue weighted by atomic mass is 10.0. The molecule has 21 heavy (non-hydrogen) atoms. The Hall–Kier alpha value is -1.75. The number of hydrogen-bond donors (Lipinski definition) is 3. The third-order valence-corrected chi connectivity index (χ3v) is 3.09. The quantitative estimate of drug-likeness (QED) is 0.779. The molecular weight excluding hydrogens is 268 g/mol. The predicted molar refractivity (Wildman–Crippen MR) is 83.6 cm³/mol. The molecule has 2 atom stereocenters. The molecule has 1 aromatic carbocycles. The Morgan fingerprint density at radius 3 is 2.43 bits per heavy atom. The lowest BCUT2D eigenvalue weighted by Gasteiger charge is -2.26. The summed E-state index contributed by atoms with van der Waals surface area (Å²) < 4.78 is 5.16. The van der Waals surface area contributed by atoms with Gasteiger partial charge in [0.15, 0.2) is 0 Å². The first kappa shape index (κ1) is 17.3. The largest absolute Gasteiger partial charge is 0.508 e. The Balaban J connectivity index is 2.76. The number of hydrogen-bond acceptors (Lipinski definition) is 4. The maximum atomic E-state index is 12.1. The summed E-state index contributed by atoms with van der Waals surface area (Å²) in [5.74, 6) is 0.777. The lowest BCUT2D eigenvalue weighted by Crippen LogP contribution is -2.49. The van der Waals surface area contributed by atoms with Crippen molar-refractivity contribution < 1.29 is 14.6 Å². The number of ether oxygens (including phenoxy) is 1. The van der Waals surface area contributed by atoms with Crippen LogP contribution in [-0.2, 0) is 4.79 Å². The van der Waals surface area contributed by atoms with Crippen LogP contribution in [0.25, 0.3) is 0 Å². The molecule has 1 aromatic rings. The van der Waals surface area contributed by atoms with Gasteiger partial charge in [0.2, 0.25) is 5.91 Å². The fraction of sp³-hybridized carbons (Fsp3) is 0.562. The zero-order chi connectivity index (χ0) is 16.2. The second-order valence-electron chi connectivity index (χ2n) is 6.27. The normalized spacial score (nSPS) is 14.4. The minimum Gasteiger partial charge on any atom is -0.508 e. The number of rotatable bonds is 5. The van der Waals surface area contributed by atoms with E-state index in [0.717, 1.165) is 0 Å². The molecule has 0 spiro atoms. The molecule has 3 N–H and O–H groups in total. The van der Waals surface area contributed by atoms with Crippen molar-refractivity contribution in [3.8, 4) is 11.5 Å². The van der Waals surface area contributed by atoms with Gasteiger partial charge in [-0.2, -0.15) is 0 Å². The maximum absolute atomic E-state index is 12.1. The van der Waals surface area contributed by atoms with Crippen molar-refractivity contribution in [2.45, 2.75) is 52.2 Å². The van der Waals surface area contributed by atoms with Gasteiger partial charge in [0, 0.05) is 17.1 Å². The molecule has 1 amide bonds. The summed E-state index contributed by atoms with van der Waals surface area (Å²) in [6.45, 7) is 9.52. The van der Waals surface area contributed by atoms with E-state index in [1.165, 1.54) is 0 Å². The van der Waals surface area contributed by atoms with Gasteiger partial charge in [-0.25, -0.2) is 0 Å². The highest BCUT2D eigenvalue weighted by Crippen LogP contribution is 2.28. The van der Waals surface area contributed by atoms with Gasteiger partial charge in [0.05, 0.1) is 13.2 Å². The first-order valence-corrected chi connectivity index (χ1v) is 7.09. The van der Waals surface area contributed by atoms with Crippen LogP contribution >= 0.6 is 0 Å². The van der Waals surface area contributed by atoms with Crippen LogP contribution in [0.2, 0.25) is 0 Å². The van der Waals surface area contributed by atoms with Crippen molar-refractivity contribution in [2.24, 2.45) is 0 Å². The number of methoxy groups -OCH3 is 1. The van der Waals surface area contributed by atoms with E-state index in [-0.39, 0.29) is 29.3 Å². The summed E-state index contributed by atoms with van der Waals surface area (Å²) in [5.41, 5.74) is 0.429. The Bertz CT molecular complexity index is 495. The molecule has 0 fully saturated rings. The molecule has 0 saturated carbocycles. The lowest BCUT2D eigenvalue weighted by molar-refractivity contribution is -0.124. The molecular formula is C16H26N2O3. The first-order valence-electron chi connectivity index (χ1n) is 7.09. The molecule has 0 radical (unpaired) electrons. The van der Waals surface area contributed by atoms with Crippen molar-refractivity contribution >= 4 is 5.91 Å². The first-order chi connectivity index (χ1) is 9.64. The molecule has 0 bridgehead atoms. The molecule has 1 rings (SSSR count). The number of phenols is 1. The Morgan fingerprint density at radius 1 is 1.29 bits per heavy atom. The highest BCUT2D eigenvalue weighted by molar-refractivity contribution is 5.82. The zero-order valence-corrected chi connectivity index (χ0v) is 13.7. The summed E-state index contributed by atoms with van der Waals surface area (Å²) in [5, 5.41) is 16.1. The number of benzene rings is 1. The van der Waals surface area contributed by atoms with Crippen molar-refractivity contribution in [2.75, 3.05) is 7.11 Å². The number of nitrogens with one attached hydrogen (secondary N) is 2. The third kappa shape index (κ3) is 5.27. The van der Waals surface area contributed by atoms with E-state index in [4.69, 9.17) is 4.74 Å². The summed E-state index contributed by atoms with van der Waals surface area (Å²) in [6, 6.07) is 4.50. The molecule has 5 heteroatoms. The highest BCUT2D eigenvalue weighted by atomic mass is 16.5. The highest BCUT2D eigenvalue weighted by Gasteiger charge is 2.22. The van der Waals surface area contributed by atoms with Crippen LogP contribution in [0.15, 0.2) is 18.2 Å². The third-order valence-electron chi connectivity index (χ3n) is 3.09. The van der Waals surface area contributed by atoms with Crippen molar-refractivity contribution in [3.05, 3.63) is 23.8 Å². The van der Waals surface area contributed by atoms with Crippen molar-refractivity contribution in [1.82, 2.24) is 10.6 Å². The average Bonchev–Trinajstić information content (AvgIpc) is 2.37. The van der Waals surface area contributed by atoms with Crippen LogP contribution in [0.5, 0.6) is 11.5 Å². The van der Waals surface area contributed by atoms with Gasteiger partial charge in [-0.05, 0) is 52.8 Å². The number of carbonyl (C=O) groups excluding carboxylic acids is 1. The number of aromatic hydroxyl groups is 1. The smallest absolute Gasteiger partial charge is 0.237 e. The summed E-state index contributed by atoms with van der Waals surface area (Å²) in [7, 11) is 1.58. The van der Waals surface area contributed by atoms with Gasteiger partial charge in [-0.15, -0.1) is 0 Å². The van der Waals surface area contributed by atoms with Gasteiger partial charge in [0.25, 0.3) is 0 Å². The Kier molecular flexibility index (Phi) is 5.61. The molecule has 0 heterocycles. The van der Waals surface area contributed by atoms with Crippen LogP contribution in [0.1, 0.15) is 46.2 Å². The molecule has 0 aliphatic carbocycles. The van der Waals surface area contributed by atoms with E-state index >= 15 is 0 Å². The average molecular weight is 294 g/mol. The van der Waals surface area contributed by atoms with E-state index in [9.17, 15) is 9.90 Å². The fourth-order valence-electron chi connectivity index (χ4n) is 2.02. The number of phenolic OH excluding ortho intramolecular Hbond substituents is 1. The molecule has 118 valence electrons. The van der Waals surface area contributed by atoms with E-state index in [1.807, 2.05) is 27.7 Å². The van der Waals surface area contributed by atoms with E-state index in [1.54, 1.807) is 32.2 Å². The summed E-state index contributed by atoms with van der Waals surface area (Å²) >= 11 is 0. The molecule has 0 aliphatic heterocycles. The van der Waals surface area contributed by atoms with Crippen molar-refractivity contribution in [3.63, 3.8) is 0 Å². The predicted octanol–water partition coefficient (Wildman–Crippen LogP) is 2.35. The van der Waals surface area contributed by atoms with Gasteiger partial charge in [-0.3, -0.25) is 10.1 Å². The van der Waals surface area contributed by atoms with Crippen LogP contribution < -0.4 is 15.4 Å². The monoisotopic (exact) mass is 294 g/mol. The van der Waals surface area contributed by atoms with E-state index < -0.39 is 0 Å². The molecule has 0 aliphatic rings. The van der Waals surface area contributed by atoms with Crippen LogP contribution in [0.3, 0.4) is 0 Å². The second-order valence-corrected chi connectivity index (χ2v) is 6.27. The molecule has 0 aromatic heterocycles. The van der Waals surface area contributed by atoms with Gasteiger partial charge in [-0.1, -0.05) is 0 Å². The Labute approximate surface area is 126 Å². The zero-order valence-electron chi connectivity index (χ0n) is 13.7. The SMILES string of the molecule is COc1ccc(O)c(C(C)NC(C)C(=O)NC(C)(C)C)c1. The van der Waals surface area contributed by atoms with Crippen molar-refractivity contribution in [1.29, 1.82) is 0 Å². The molecule has 2 unspecified atom stereocenters. The maximum Gasteiger partial charge on any atom is 0.237 e. The fourth-order valence-corrected chi connectivity index (χ4v) is 2.02. The summed E-state index contributed by atoms with van der Waals surface area (Å²) in [6.07, 6.45) is 0. The van der Waals surface area contributed by atoms with Crippen LogP contribution in [-0.4, -0.2) is 29.7 Å². The van der Waals surface area contributed by atoms with Gasteiger partial charge < -0.3 is 15.2 Å².